The molecule has 4 aliphatic rings. The van der Waals surface area contributed by atoms with Crippen molar-refractivity contribution in [3.8, 4) is 0 Å². The predicted molar refractivity (Wildman–Crippen MR) is 261 cm³/mol. The number of carbonyl (C=O) groups excluding carboxylic acids is 4. The van der Waals surface area contributed by atoms with E-state index in [0.717, 1.165) is 22.5 Å². The number of nitrogens with one attached hydrogen (secondary N) is 4. The summed E-state index contributed by atoms with van der Waals surface area (Å²) in [5.41, 5.74) is 3.63. The molecule has 6 atom stereocenters. The molecule has 0 aliphatic carbocycles. The van der Waals surface area contributed by atoms with Crippen LogP contribution in [0.25, 0.3) is 0 Å². The van der Waals surface area contributed by atoms with Gasteiger partial charge in [0.15, 0.2) is 10.2 Å². The maximum absolute atomic E-state index is 14.1. The molecule has 22 nitrogen and oxygen atoms in total. The van der Waals surface area contributed by atoms with Gasteiger partial charge in [-0.05, 0) is 72.7 Å². The van der Waals surface area contributed by atoms with Gasteiger partial charge in [0.2, 0.25) is 0 Å². The van der Waals surface area contributed by atoms with E-state index in [0.29, 0.717) is 88.5 Å². The lowest BCUT2D eigenvalue weighted by atomic mass is 10.0. The Hall–Kier alpha value is -4.68. The minimum absolute atomic E-state index is 0.163. The standard InChI is InChI=1S/2C21H31N5O6S.2Al.2FH/c2*1-22-21(33)23-16-4-2-15(3-5-16)10-17-11-25(13-19(29)30)7-6-24(12-18(27)28)8-9-26(17)14-20(31)32;;;;/h2*2-5,17H,6-14H2,1H3,(H,27,28)(H,29,30)(H,31,32)(H2,22,23,33);;;2*1H/q;;2*+3;;/p-6/i;;;;2*1-1. The zero-order valence-corrected chi connectivity index (χ0v) is 42.8. The maximum Gasteiger partial charge on any atom is 1.15 e. The number of benzene rings is 2. The Labute approximate surface area is 425 Å². The smallest absolute Gasteiger partial charge is 0.558 e. The maximum atomic E-state index is 14.1. The molecule has 4 heterocycles. The van der Waals surface area contributed by atoms with Crippen LogP contribution in [0.2, 0.25) is 0 Å². The zero-order valence-electron chi connectivity index (χ0n) is 38.9. The molecule has 4 saturated heterocycles. The highest BCUT2D eigenvalue weighted by atomic mass is 32.1. The highest BCUT2D eigenvalue weighted by molar-refractivity contribution is 7.80. The summed E-state index contributed by atoms with van der Waals surface area (Å²) in [5, 5.41) is 31.3. The summed E-state index contributed by atoms with van der Waals surface area (Å²) in [6.07, 6.45) is 1.09. The molecule has 70 heavy (non-hydrogen) atoms. The molecule has 6 rings (SSSR count). The van der Waals surface area contributed by atoms with Crippen LogP contribution in [0.15, 0.2) is 48.5 Å². The Morgan fingerprint density at radius 2 is 0.900 bits per heavy atom. The van der Waals surface area contributed by atoms with E-state index in [4.69, 9.17) is 39.6 Å². The van der Waals surface area contributed by atoms with Crippen molar-refractivity contribution in [2.75, 3.05) is 129 Å². The van der Waals surface area contributed by atoms with E-state index in [1.54, 1.807) is 23.9 Å². The van der Waals surface area contributed by atoms with Crippen LogP contribution >= 0.6 is 24.4 Å². The number of anilines is 2. The lowest BCUT2D eigenvalue weighted by molar-refractivity contribution is -0.144. The first-order valence-corrected chi connectivity index (χ1v) is 26.0. The van der Waals surface area contributed by atoms with Crippen LogP contribution in [0.4, 0.5) is 18.4 Å². The van der Waals surface area contributed by atoms with Crippen LogP contribution < -0.4 is 21.3 Å². The number of nitrogens with zero attached hydrogens (tertiary/aromatic N) is 6. The Kier molecular flexibility index (Phi) is 22.8. The summed E-state index contributed by atoms with van der Waals surface area (Å²) >= 11 is 2.40. The van der Waals surface area contributed by atoms with Gasteiger partial charge in [0.05, 0.1) is 39.3 Å². The minimum Gasteiger partial charge on any atom is -0.558 e. The fourth-order valence-electron chi connectivity index (χ4n) is 8.18. The molecule has 4 bridgehead atoms. The molecular weight excluding hydrogens is 991 g/mol. The average molecular weight is 1050 g/mol. The van der Waals surface area contributed by atoms with Crippen LogP contribution in [-0.2, 0) is 56.8 Å². The summed E-state index contributed by atoms with van der Waals surface area (Å²) in [6.45, 7) is 2.90. The van der Waals surface area contributed by atoms with Gasteiger partial charge >= 0.3 is 42.5 Å². The summed E-state index contributed by atoms with van der Waals surface area (Å²) in [4.78, 5) is 82.9. The Balaban J connectivity index is 0.000000261. The van der Waals surface area contributed by atoms with E-state index < -0.39 is 66.4 Å². The second-order valence-corrected chi connectivity index (χ2v) is 19.6. The van der Waals surface area contributed by atoms with Crippen molar-refractivity contribution < 1.29 is 61.2 Å². The Morgan fingerprint density at radius 3 is 1.23 bits per heavy atom. The zero-order chi connectivity index (χ0) is 50.7. The number of rotatable bonds is 10. The number of carboxylic acid groups (broad SMARTS) is 2. The lowest BCUT2D eigenvalue weighted by Gasteiger charge is -2.33. The van der Waals surface area contributed by atoms with Crippen molar-refractivity contribution in [2.24, 2.45) is 0 Å². The van der Waals surface area contributed by atoms with Crippen molar-refractivity contribution in [2.45, 2.75) is 24.9 Å². The molecule has 4 fully saturated rings. The first-order valence-electron chi connectivity index (χ1n) is 22.5. The molecule has 380 valence electrons. The molecule has 0 saturated carbocycles. The third-order valence-electron chi connectivity index (χ3n) is 11.6. The topological polar surface area (TPSA) is 247 Å². The highest BCUT2D eigenvalue weighted by Gasteiger charge is 2.45. The molecule has 2 aromatic carbocycles. The van der Waals surface area contributed by atoms with Gasteiger partial charge in [0, 0.05) is 103 Å². The van der Waals surface area contributed by atoms with Gasteiger partial charge in [-0.3, -0.25) is 58.2 Å². The average Bonchev–Trinajstić information content (AvgIpc) is 3.38. The van der Waals surface area contributed by atoms with Crippen molar-refractivity contribution >= 4 is 112 Å². The van der Waals surface area contributed by atoms with Crippen LogP contribution in [0, 0.1) is 0 Å². The number of aliphatic carboxylic acids is 2. The quantitative estimate of drug-likeness (QED) is 0.125. The van der Waals surface area contributed by atoms with Crippen molar-refractivity contribution in [3.63, 3.8) is 0 Å². The van der Waals surface area contributed by atoms with Gasteiger partial charge in [-0.2, -0.15) is 0 Å². The van der Waals surface area contributed by atoms with Gasteiger partial charge in [-0.15, -0.1) is 0 Å². The molecule has 0 radical (unpaired) electrons. The van der Waals surface area contributed by atoms with Crippen molar-refractivity contribution in [3.05, 3.63) is 59.7 Å². The first kappa shape index (κ1) is 56.2. The van der Waals surface area contributed by atoms with Crippen LogP contribution in [0.3, 0.4) is 0 Å². The number of hydrogen-bond donors (Lipinski definition) is 6. The molecule has 28 heteroatoms. The van der Waals surface area contributed by atoms with Gasteiger partial charge in [0.25, 0.3) is 23.9 Å². The van der Waals surface area contributed by atoms with E-state index in [-0.39, 0.29) is 51.4 Å². The van der Waals surface area contributed by atoms with E-state index in [9.17, 15) is 46.0 Å². The van der Waals surface area contributed by atoms with Crippen LogP contribution in [-0.4, -0.2) is 247 Å². The lowest BCUT2D eigenvalue weighted by Crippen LogP contribution is -2.48. The number of fused-ring (bicyclic) bond motifs is 6. The Bertz CT molecular complexity index is 2000. The second-order valence-electron chi connectivity index (χ2n) is 16.8. The molecule has 0 spiro atoms. The van der Waals surface area contributed by atoms with Crippen LogP contribution in [0.5, 0.6) is 0 Å². The number of halogens is 2. The van der Waals surface area contributed by atoms with Crippen LogP contribution in [0.1, 0.15) is 11.1 Å². The minimum atomic E-state index is -3.93. The van der Waals surface area contributed by atoms with Gasteiger partial charge in [-0.1, -0.05) is 24.3 Å². The summed E-state index contributed by atoms with van der Waals surface area (Å²) in [5.74, 6) is -5.14. The molecule has 0 amide bonds. The van der Waals surface area contributed by atoms with Gasteiger partial charge < -0.3 is 53.7 Å². The van der Waals surface area contributed by atoms with E-state index in [1.165, 1.54) is 0 Å². The third kappa shape index (κ3) is 19.8. The summed E-state index contributed by atoms with van der Waals surface area (Å²) < 4.78 is 47.1. The second kappa shape index (κ2) is 28.4. The molecular formula is C42H58Al2F2N10O12S2. The molecule has 6 N–H and O–H groups in total. The van der Waals surface area contributed by atoms with E-state index in [2.05, 4.69) is 21.3 Å². The Morgan fingerprint density at radius 1 is 0.571 bits per heavy atom. The van der Waals surface area contributed by atoms with E-state index >= 15 is 0 Å². The molecule has 2 aromatic rings. The van der Waals surface area contributed by atoms with Gasteiger partial charge in [0.1, 0.15) is 0 Å². The largest absolute Gasteiger partial charge is 1.15 e. The number of thiocarbonyl (C=S) groups is 2. The predicted octanol–water partition coefficient (Wildman–Crippen LogP) is -0.855. The first-order chi connectivity index (χ1) is 33.4. The highest BCUT2D eigenvalue weighted by Crippen LogP contribution is 2.19. The normalized spacial score (nSPS) is 24.2. The molecule has 0 aromatic heterocycles. The fourth-order valence-corrected chi connectivity index (χ4v) is 9.64. The summed E-state index contributed by atoms with van der Waals surface area (Å²) in [7, 11) is 3.45. The molecule has 4 aliphatic heterocycles. The number of carboxylic acids is 2. The number of carbonyl (C=O) groups is 6. The molecule has 6 unspecified atom stereocenters. The van der Waals surface area contributed by atoms with Gasteiger partial charge in [-0.25, -0.2) is 0 Å². The number of hydrogen-bond acceptors (Lipinski definition) is 18. The van der Waals surface area contributed by atoms with Crippen molar-refractivity contribution in [1.29, 1.82) is 0 Å². The third-order valence-corrected chi connectivity index (χ3v) is 14.1. The summed E-state index contributed by atoms with van der Waals surface area (Å²) in [6, 6.07) is 14.9. The SMILES string of the molecule is CNC(=S)Nc1ccc(CC2CN3CCN(CC(=O)O)CCN2CC(=O)[O][Al]([18F])[O]C(=O)C3)cc1.CNC(=S)Nc1ccc(CC2CN3CCN(CC(=O)O)CCN2CC(=O)[O][Al]([18F])[O]C(=O)C3)cc1. The van der Waals surface area contributed by atoms with E-state index in [1.807, 2.05) is 68.1 Å². The fraction of sp³-hybridized carbons (Fsp3) is 0.524. The monoisotopic (exact) mass is 1050 g/mol. The van der Waals surface area contributed by atoms with Crippen molar-refractivity contribution in [1.82, 2.24) is 40.0 Å².